The molecule has 3 rings (SSSR count). The van der Waals surface area contributed by atoms with Crippen LogP contribution in [0.2, 0.25) is 0 Å². The molecule has 0 fully saturated rings. The third kappa shape index (κ3) is 4.48. The van der Waals surface area contributed by atoms with Gasteiger partial charge in [-0.05, 0) is 41.7 Å². The number of amides is 1. The number of hydrogen-bond donors (Lipinski definition) is 1. The minimum absolute atomic E-state index is 0.0639. The Labute approximate surface area is 149 Å². The number of carbonyl (C=O) groups is 1. The van der Waals surface area contributed by atoms with E-state index in [1.165, 1.54) is 23.7 Å². The summed E-state index contributed by atoms with van der Waals surface area (Å²) in [5.41, 5.74) is 2.78. The molecule has 2 aromatic carbocycles. The standard InChI is InChI=1S/C19H18FN3OS/c1-13-18(25-23-22-13)12-21-19(24)11-17(14-5-3-2-4-6-14)15-7-9-16(20)10-8-15/h2-10,17H,11-12H2,1H3,(H,21,24)/t17-/m0/s1. The highest BCUT2D eigenvalue weighted by atomic mass is 32.1. The number of nitrogens with zero attached hydrogens (tertiary/aromatic N) is 2. The first-order valence-electron chi connectivity index (χ1n) is 7.98. The van der Waals surface area contributed by atoms with Crippen LogP contribution in [0.25, 0.3) is 0 Å². The Morgan fingerprint density at radius 2 is 1.80 bits per heavy atom. The third-order valence-corrected chi connectivity index (χ3v) is 4.88. The van der Waals surface area contributed by atoms with Gasteiger partial charge in [0, 0.05) is 12.3 Å². The smallest absolute Gasteiger partial charge is 0.221 e. The number of rotatable bonds is 6. The molecule has 0 saturated heterocycles. The Balaban J connectivity index is 1.74. The summed E-state index contributed by atoms with van der Waals surface area (Å²) in [7, 11) is 0. The molecule has 1 heterocycles. The molecule has 6 heteroatoms. The van der Waals surface area contributed by atoms with Gasteiger partial charge in [0.25, 0.3) is 0 Å². The van der Waals surface area contributed by atoms with Crippen LogP contribution in [0.1, 0.15) is 34.0 Å². The molecule has 1 N–H and O–H groups in total. The molecule has 1 atom stereocenters. The van der Waals surface area contributed by atoms with Crippen molar-refractivity contribution in [1.82, 2.24) is 14.9 Å². The summed E-state index contributed by atoms with van der Waals surface area (Å²) in [5, 5.41) is 6.87. The highest BCUT2D eigenvalue weighted by molar-refractivity contribution is 7.05. The number of halogens is 1. The van der Waals surface area contributed by atoms with Crippen molar-refractivity contribution in [1.29, 1.82) is 0 Å². The lowest BCUT2D eigenvalue weighted by atomic mass is 9.88. The number of hydrogen-bond acceptors (Lipinski definition) is 4. The van der Waals surface area contributed by atoms with Gasteiger partial charge in [-0.1, -0.05) is 47.0 Å². The van der Waals surface area contributed by atoms with Crippen LogP contribution in [0, 0.1) is 12.7 Å². The predicted octanol–water partition coefficient (Wildman–Crippen LogP) is 3.82. The fourth-order valence-electron chi connectivity index (χ4n) is 2.66. The number of aromatic nitrogens is 2. The van der Waals surface area contributed by atoms with E-state index >= 15 is 0 Å². The normalized spacial score (nSPS) is 11.9. The molecule has 128 valence electrons. The molecule has 0 spiro atoms. The van der Waals surface area contributed by atoms with E-state index < -0.39 is 0 Å². The molecule has 0 saturated carbocycles. The van der Waals surface area contributed by atoms with Gasteiger partial charge in [-0.2, -0.15) is 0 Å². The zero-order chi connectivity index (χ0) is 17.6. The van der Waals surface area contributed by atoms with E-state index in [2.05, 4.69) is 14.9 Å². The molecule has 4 nitrogen and oxygen atoms in total. The molecule has 25 heavy (non-hydrogen) atoms. The van der Waals surface area contributed by atoms with Crippen molar-refractivity contribution in [2.75, 3.05) is 0 Å². The van der Waals surface area contributed by atoms with Crippen LogP contribution in [0.5, 0.6) is 0 Å². The van der Waals surface area contributed by atoms with E-state index in [1.54, 1.807) is 12.1 Å². The monoisotopic (exact) mass is 355 g/mol. The molecular formula is C19H18FN3OS. The van der Waals surface area contributed by atoms with Gasteiger partial charge >= 0.3 is 0 Å². The number of carbonyl (C=O) groups excluding carboxylic acids is 1. The molecule has 0 radical (unpaired) electrons. The van der Waals surface area contributed by atoms with Crippen molar-refractivity contribution in [3.63, 3.8) is 0 Å². The largest absolute Gasteiger partial charge is 0.351 e. The van der Waals surface area contributed by atoms with Crippen molar-refractivity contribution in [2.24, 2.45) is 0 Å². The van der Waals surface area contributed by atoms with E-state index in [0.29, 0.717) is 13.0 Å². The Bertz CT molecular complexity index is 833. The summed E-state index contributed by atoms with van der Waals surface area (Å²) in [6, 6.07) is 16.1. The summed E-state index contributed by atoms with van der Waals surface area (Å²) in [6.07, 6.45) is 0.293. The van der Waals surface area contributed by atoms with Crippen LogP contribution in [0.15, 0.2) is 54.6 Å². The predicted molar refractivity (Wildman–Crippen MR) is 95.8 cm³/mol. The molecule has 0 unspecified atom stereocenters. The molecule has 1 amide bonds. The van der Waals surface area contributed by atoms with E-state index in [0.717, 1.165) is 21.7 Å². The summed E-state index contributed by atoms with van der Waals surface area (Å²) >= 11 is 1.29. The van der Waals surface area contributed by atoms with Gasteiger partial charge in [0.05, 0.1) is 17.1 Å². The molecule has 1 aromatic heterocycles. The topological polar surface area (TPSA) is 54.9 Å². The van der Waals surface area contributed by atoms with E-state index in [4.69, 9.17) is 0 Å². The highest BCUT2D eigenvalue weighted by Gasteiger charge is 2.18. The van der Waals surface area contributed by atoms with E-state index in [1.807, 2.05) is 37.3 Å². The van der Waals surface area contributed by atoms with E-state index in [-0.39, 0.29) is 17.6 Å². The quantitative estimate of drug-likeness (QED) is 0.731. The van der Waals surface area contributed by atoms with Crippen molar-refractivity contribution in [3.8, 4) is 0 Å². The second-order valence-corrected chi connectivity index (χ2v) is 6.62. The second-order valence-electron chi connectivity index (χ2n) is 5.78. The first-order valence-corrected chi connectivity index (χ1v) is 8.76. The van der Waals surface area contributed by atoms with Gasteiger partial charge in [-0.3, -0.25) is 4.79 Å². The first-order chi connectivity index (χ1) is 12.1. The van der Waals surface area contributed by atoms with Crippen LogP contribution in [-0.2, 0) is 11.3 Å². The Hall–Kier alpha value is -2.60. The lowest BCUT2D eigenvalue weighted by molar-refractivity contribution is -0.121. The molecule has 0 aliphatic heterocycles. The molecule has 0 aliphatic carbocycles. The van der Waals surface area contributed by atoms with Crippen LogP contribution in [-0.4, -0.2) is 15.5 Å². The summed E-state index contributed by atoms with van der Waals surface area (Å²) in [5.74, 6) is -0.471. The van der Waals surface area contributed by atoms with Gasteiger partial charge in [-0.15, -0.1) is 5.10 Å². The summed E-state index contributed by atoms with van der Waals surface area (Å²) in [6.45, 7) is 2.30. The van der Waals surface area contributed by atoms with Crippen LogP contribution in [0.3, 0.4) is 0 Å². The van der Waals surface area contributed by atoms with Crippen molar-refractivity contribution >= 4 is 17.4 Å². The fourth-order valence-corrected chi connectivity index (χ4v) is 3.23. The van der Waals surface area contributed by atoms with Crippen LogP contribution < -0.4 is 5.32 Å². The summed E-state index contributed by atoms with van der Waals surface area (Å²) < 4.78 is 17.1. The van der Waals surface area contributed by atoms with Gasteiger partial charge in [-0.25, -0.2) is 4.39 Å². The molecule has 0 bridgehead atoms. The summed E-state index contributed by atoms with van der Waals surface area (Å²) in [4.78, 5) is 13.4. The molecular weight excluding hydrogens is 337 g/mol. The average molecular weight is 355 g/mol. The zero-order valence-corrected chi connectivity index (χ0v) is 14.6. The average Bonchev–Trinajstić information content (AvgIpc) is 3.04. The third-order valence-electron chi connectivity index (χ3n) is 4.06. The fraction of sp³-hybridized carbons (Fsp3) is 0.211. The van der Waals surface area contributed by atoms with Gasteiger partial charge in [0.1, 0.15) is 5.82 Å². The Kier molecular flexibility index (Phi) is 5.50. The number of benzene rings is 2. The van der Waals surface area contributed by atoms with Gasteiger partial charge < -0.3 is 5.32 Å². The Morgan fingerprint density at radius 1 is 1.12 bits per heavy atom. The van der Waals surface area contributed by atoms with Crippen molar-refractivity contribution < 1.29 is 9.18 Å². The maximum absolute atomic E-state index is 13.2. The lowest BCUT2D eigenvalue weighted by Gasteiger charge is -2.18. The second kappa shape index (κ2) is 7.98. The number of nitrogens with one attached hydrogen (secondary N) is 1. The minimum atomic E-state index is -0.284. The SMILES string of the molecule is Cc1nnsc1CNC(=O)C[C@@H](c1ccccc1)c1ccc(F)cc1. The minimum Gasteiger partial charge on any atom is -0.351 e. The maximum Gasteiger partial charge on any atom is 0.221 e. The van der Waals surface area contributed by atoms with E-state index in [9.17, 15) is 9.18 Å². The lowest BCUT2D eigenvalue weighted by Crippen LogP contribution is -2.25. The van der Waals surface area contributed by atoms with Gasteiger partial charge in [0.15, 0.2) is 0 Å². The maximum atomic E-state index is 13.2. The van der Waals surface area contributed by atoms with Crippen molar-refractivity contribution in [3.05, 3.63) is 82.1 Å². The van der Waals surface area contributed by atoms with Gasteiger partial charge in [0.2, 0.25) is 5.91 Å². The highest BCUT2D eigenvalue weighted by Crippen LogP contribution is 2.28. The van der Waals surface area contributed by atoms with Crippen molar-refractivity contribution in [2.45, 2.75) is 25.8 Å². The first kappa shape index (κ1) is 17.2. The molecule has 3 aromatic rings. The molecule has 0 aliphatic rings. The number of aryl methyl sites for hydroxylation is 1. The van der Waals surface area contributed by atoms with Crippen LogP contribution in [0.4, 0.5) is 4.39 Å². The zero-order valence-electron chi connectivity index (χ0n) is 13.8. The van der Waals surface area contributed by atoms with Crippen LogP contribution >= 0.6 is 11.5 Å². The Morgan fingerprint density at radius 3 is 2.44 bits per heavy atom.